The van der Waals surface area contributed by atoms with Gasteiger partial charge in [0.25, 0.3) is 6.43 Å². The van der Waals surface area contributed by atoms with Crippen LogP contribution in [0.3, 0.4) is 0 Å². The van der Waals surface area contributed by atoms with Gasteiger partial charge in [0, 0.05) is 7.05 Å². The van der Waals surface area contributed by atoms with Gasteiger partial charge in [0.05, 0.1) is 18.4 Å². The third-order valence-electron chi connectivity index (χ3n) is 2.21. The first kappa shape index (κ1) is 10.9. The third kappa shape index (κ3) is 2.40. The number of aliphatic carboxylic acids is 1. The molecule has 6 heteroatoms. The van der Waals surface area contributed by atoms with Crippen LogP contribution in [0.4, 0.5) is 8.78 Å². The Bertz CT molecular complexity index is 257. The fourth-order valence-corrected chi connectivity index (χ4v) is 1.32. The van der Waals surface area contributed by atoms with E-state index in [0.717, 1.165) is 4.90 Å². The zero-order chi connectivity index (χ0) is 10.9. The molecule has 0 heterocycles. The highest BCUT2D eigenvalue weighted by molar-refractivity contribution is 5.89. The Labute approximate surface area is 79.5 Å². The SMILES string of the molecule is CN(CC(F)F)C(=O)[C@@H]1C[C@@H]1C(=O)O. The number of carbonyl (C=O) groups is 2. The van der Waals surface area contributed by atoms with Crippen molar-refractivity contribution >= 4 is 11.9 Å². The Balaban J connectivity index is 2.40. The average Bonchev–Trinajstić information content (AvgIpc) is 2.80. The van der Waals surface area contributed by atoms with Crippen LogP contribution in [-0.4, -0.2) is 41.9 Å². The van der Waals surface area contributed by atoms with Crippen molar-refractivity contribution in [3.05, 3.63) is 0 Å². The van der Waals surface area contributed by atoms with Crippen LogP contribution in [0.25, 0.3) is 0 Å². The summed E-state index contributed by atoms with van der Waals surface area (Å²) in [5, 5.41) is 8.52. The van der Waals surface area contributed by atoms with E-state index in [1.165, 1.54) is 7.05 Å². The second kappa shape index (κ2) is 3.89. The highest BCUT2D eigenvalue weighted by Gasteiger charge is 2.49. The minimum atomic E-state index is -2.58. The van der Waals surface area contributed by atoms with Crippen molar-refractivity contribution in [3.8, 4) is 0 Å². The van der Waals surface area contributed by atoms with Crippen molar-refractivity contribution in [1.29, 1.82) is 0 Å². The second-order valence-electron chi connectivity index (χ2n) is 3.40. The quantitative estimate of drug-likeness (QED) is 0.727. The minimum Gasteiger partial charge on any atom is -0.481 e. The van der Waals surface area contributed by atoms with Gasteiger partial charge in [-0.3, -0.25) is 9.59 Å². The summed E-state index contributed by atoms with van der Waals surface area (Å²) >= 11 is 0. The number of alkyl halides is 2. The minimum absolute atomic E-state index is 0.266. The lowest BCUT2D eigenvalue weighted by Gasteiger charge is -2.15. The predicted molar refractivity (Wildman–Crippen MR) is 42.9 cm³/mol. The molecule has 0 radical (unpaired) electrons. The van der Waals surface area contributed by atoms with E-state index in [9.17, 15) is 18.4 Å². The first-order chi connectivity index (χ1) is 6.43. The van der Waals surface area contributed by atoms with Crippen molar-refractivity contribution in [2.24, 2.45) is 11.8 Å². The van der Waals surface area contributed by atoms with Crippen LogP contribution in [0.5, 0.6) is 0 Å². The molecule has 0 aromatic heterocycles. The molecule has 4 nitrogen and oxygen atoms in total. The summed E-state index contributed by atoms with van der Waals surface area (Å²) in [7, 11) is 1.26. The number of rotatable bonds is 4. The largest absolute Gasteiger partial charge is 0.481 e. The molecule has 1 N–H and O–H groups in total. The molecule has 80 valence electrons. The molecule has 0 aromatic rings. The van der Waals surface area contributed by atoms with Gasteiger partial charge in [-0.05, 0) is 6.42 Å². The number of carboxylic acids is 1. The Kier molecular flexibility index (Phi) is 3.03. The van der Waals surface area contributed by atoms with Crippen molar-refractivity contribution in [3.63, 3.8) is 0 Å². The fourth-order valence-electron chi connectivity index (χ4n) is 1.32. The summed E-state index contributed by atoms with van der Waals surface area (Å²) in [5.41, 5.74) is 0. The van der Waals surface area contributed by atoms with E-state index in [2.05, 4.69) is 0 Å². The molecule has 0 saturated heterocycles. The van der Waals surface area contributed by atoms with Gasteiger partial charge in [-0.1, -0.05) is 0 Å². The number of carbonyl (C=O) groups excluding carboxylic acids is 1. The number of halogens is 2. The maximum Gasteiger partial charge on any atom is 0.307 e. The second-order valence-corrected chi connectivity index (χ2v) is 3.40. The van der Waals surface area contributed by atoms with Gasteiger partial charge in [-0.2, -0.15) is 0 Å². The van der Waals surface area contributed by atoms with Crippen molar-refractivity contribution < 1.29 is 23.5 Å². The lowest BCUT2D eigenvalue weighted by molar-refractivity contribution is -0.142. The van der Waals surface area contributed by atoms with Crippen LogP contribution in [0.15, 0.2) is 0 Å². The Morgan fingerprint density at radius 1 is 1.50 bits per heavy atom. The smallest absolute Gasteiger partial charge is 0.307 e. The topological polar surface area (TPSA) is 57.6 Å². The van der Waals surface area contributed by atoms with Gasteiger partial charge in [-0.25, -0.2) is 8.78 Å². The normalized spacial score (nSPS) is 24.9. The summed E-state index contributed by atoms with van der Waals surface area (Å²) in [6.45, 7) is -0.637. The lowest BCUT2D eigenvalue weighted by Crippen LogP contribution is -2.33. The predicted octanol–water partition coefficient (Wildman–Crippen LogP) is 0.431. The molecule has 1 saturated carbocycles. The number of amides is 1. The van der Waals surface area contributed by atoms with Crippen molar-refractivity contribution in [1.82, 2.24) is 4.90 Å². The zero-order valence-electron chi connectivity index (χ0n) is 7.61. The molecule has 0 aliphatic heterocycles. The van der Waals surface area contributed by atoms with E-state index in [0.29, 0.717) is 0 Å². The van der Waals surface area contributed by atoms with Gasteiger partial charge in [0.1, 0.15) is 0 Å². The molecular weight excluding hydrogens is 196 g/mol. The highest BCUT2D eigenvalue weighted by Crippen LogP contribution is 2.39. The van der Waals surface area contributed by atoms with Crippen LogP contribution in [0.1, 0.15) is 6.42 Å². The van der Waals surface area contributed by atoms with Gasteiger partial charge >= 0.3 is 5.97 Å². The highest BCUT2D eigenvalue weighted by atomic mass is 19.3. The number of hydrogen-bond acceptors (Lipinski definition) is 2. The summed E-state index contributed by atoms with van der Waals surface area (Å²) in [6.07, 6.45) is -2.31. The maximum atomic E-state index is 11.9. The number of carboxylic acid groups (broad SMARTS) is 1. The van der Waals surface area contributed by atoms with Gasteiger partial charge in [0.15, 0.2) is 0 Å². The molecule has 1 aliphatic rings. The molecule has 1 aliphatic carbocycles. The monoisotopic (exact) mass is 207 g/mol. The molecular formula is C8H11F2NO3. The molecule has 0 unspecified atom stereocenters. The number of nitrogens with zero attached hydrogens (tertiary/aromatic N) is 1. The summed E-state index contributed by atoms with van der Waals surface area (Å²) < 4.78 is 23.7. The van der Waals surface area contributed by atoms with Gasteiger partial charge in [-0.15, -0.1) is 0 Å². The van der Waals surface area contributed by atoms with E-state index in [1.54, 1.807) is 0 Å². The fraction of sp³-hybridized carbons (Fsp3) is 0.750. The average molecular weight is 207 g/mol. The molecule has 1 rings (SSSR count). The zero-order valence-corrected chi connectivity index (χ0v) is 7.61. The molecule has 2 atom stereocenters. The molecule has 14 heavy (non-hydrogen) atoms. The Morgan fingerprint density at radius 2 is 2.07 bits per heavy atom. The van der Waals surface area contributed by atoms with Crippen LogP contribution in [0.2, 0.25) is 0 Å². The Morgan fingerprint density at radius 3 is 2.43 bits per heavy atom. The van der Waals surface area contributed by atoms with E-state index < -0.39 is 36.7 Å². The maximum absolute atomic E-state index is 11.9. The molecule has 0 spiro atoms. The van der Waals surface area contributed by atoms with Crippen molar-refractivity contribution in [2.45, 2.75) is 12.8 Å². The first-order valence-corrected chi connectivity index (χ1v) is 4.19. The molecule has 1 fully saturated rings. The Hall–Kier alpha value is -1.20. The summed E-state index contributed by atoms with van der Waals surface area (Å²) in [5.74, 6) is -2.81. The van der Waals surface area contributed by atoms with E-state index in [-0.39, 0.29) is 6.42 Å². The standard InChI is InChI=1S/C8H11F2NO3/c1-11(3-6(9)10)7(12)4-2-5(4)8(13)14/h4-6H,2-3H2,1H3,(H,13,14)/t4-,5+/m1/s1. The van der Waals surface area contributed by atoms with Gasteiger partial charge in [0.2, 0.25) is 5.91 Å². The van der Waals surface area contributed by atoms with Crippen LogP contribution >= 0.6 is 0 Å². The molecule has 0 bridgehead atoms. The van der Waals surface area contributed by atoms with E-state index in [4.69, 9.17) is 5.11 Å². The first-order valence-electron chi connectivity index (χ1n) is 4.19. The van der Waals surface area contributed by atoms with Crippen LogP contribution < -0.4 is 0 Å². The van der Waals surface area contributed by atoms with Crippen LogP contribution in [-0.2, 0) is 9.59 Å². The molecule has 1 amide bonds. The lowest BCUT2D eigenvalue weighted by atomic mass is 10.3. The van der Waals surface area contributed by atoms with Gasteiger partial charge < -0.3 is 10.0 Å². The summed E-state index contributed by atoms with van der Waals surface area (Å²) in [6, 6.07) is 0. The molecule has 0 aromatic carbocycles. The van der Waals surface area contributed by atoms with Crippen LogP contribution in [0, 0.1) is 11.8 Å². The third-order valence-corrected chi connectivity index (χ3v) is 2.21. The summed E-state index contributed by atoms with van der Waals surface area (Å²) in [4.78, 5) is 22.6. The van der Waals surface area contributed by atoms with E-state index >= 15 is 0 Å². The number of hydrogen-bond donors (Lipinski definition) is 1. The van der Waals surface area contributed by atoms with E-state index in [1.807, 2.05) is 0 Å². The van der Waals surface area contributed by atoms with Crippen molar-refractivity contribution in [2.75, 3.05) is 13.6 Å².